The number of carbonyl (C=O) groups is 3. The molecular formula is C75H140O6. The van der Waals surface area contributed by atoms with Gasteiger partial charge in [0.15, 0.2) is 6.10 Å². The Balaban J connectivity index is 4.12. The maximum Gasteiger partial charge on any atom is 0.306 e. The number of rotatable bonds is 68. The van der Waals surface area contributed by atoms with Crippen molar-refractivity contribution in [1.82, 2.24) is 0 Å². The first-order chi connectivity index (χ1) is 40.0. The number of ether oxygens (including phenoxy) is 3. The van der Waals surface area contributed by atoms with Gasteiger partial charge in [-0.15, -0.1) is 0 Å². The van der Waals surface area contributed by atoms with E-state index in [4.69, 9.17) is 14.2 Å². The molecule has 6 heteroatoms. The Bertz CT molecular complexity index is 1350. The molecule has 0 saturated carbocycles. The van der Waals surface area contributed by atoms with E-state index in [-0.39, 0.29) is 31.1 Å². The summed E-state index contributed by atoms with van der Waals surface area (Å²) in [5.74, 6) is -0.867. The van der Waals surface area contributed by atoms with Crippen LogP contribution in [-0.2, 0) is 28.6 Å². The fraction of sp³-hybridized carbons (Fsp3) is 0.880. The van der Waals surface area contributed by atoms with Gasteiger partial charge in [0.25, 0.3) is 0 Å². The van der Waals surface area contributed by atoms with Gasteiger partial charge < -0.3 is 14.2 Å². The van der Waals surface area contributed by atoms with Gasteiger partial charge in [0.2, 0.25) is 0 Å². The quantitative estimate of drug-likeness (QED) is 0.0261. The molecule has 0 saturated heterocycles. The van der Waals surface area contributed by atoms with Crippen molar-refractivity contribution in [2.24, 2.45) is 0 Å². The lowest BCUT2D eigenvalue weighted by Crippen LogP contribution is -2.30. The van der Waals surface area contributed by atoms with E-state index in [1.165, 1.54) is 283 Å². The molecule has 0 aromatic carbocycles. The number of allylic oxidation sites excluding steroid dienone is 6. The third-order valence-corrected chi connectivity index (χ3v) is 16.6. The van der Waals surface area contributed by atoms with E-state index in [1.54, 1.807) is 0 Å². The van der Waals surface area contributed by atoms with E-state index in [0.717, 1.165) is 83.5 Å². The van der Waals surface area contributed by atoms with Crippen LogP contribution >= 0.6 is 0 Å². The Morgan fingerprint density at radius 3 is 0.741 bits per heavy atom. The molecule has 0 radical (unpaired) electrons. The normalized spacial score (nSPS) is 12.2. The molecule has 0 aliphatic carbocycles. The van der Waals surface area contributed by atoms with E-state index in [2.05, 4.69) is 57.2 Å². The smallest absolute Gasteiger partial charge is 0.306 e. The topological polar surface area (TPSA) is 78.9 Å². The van der Waals surface area contributed by atoms with E-state index in [0.29, 0.717) is 19.3 Å². The van der Waals surface area contributed by atoms with E-state index in [9.17, 15) is 14.4 Å². The number of esters is 3. The Kier molecular flexibility index (Phi) is 68.1. The summed E-state index contributed by atoms with van der Waals surface area (Å²) in [5.41, 5.74) is 0. The zero-order chi connectivity index (χ0) is 58.5. The van der Waals surface area contributed by atoms with Crippen LogP contribution < -0.4 is 0 Å². The lowest BCUT2D eigenvalue weighted by atomic mass is 10.0. The summed E-state index contributed by atoms with van der Waals surface area (Å²) in [6, 6.07) is 0. The first kappa shape index (κ1) is 78.6. The molecule has 0 N–H and O–H groups in total. The number of carbonyl (C=O) groups excluding carboxylic acids is 3. The van der Waals surface area contributed by atoms with Crippen LogP contribution in [0.2, 0.25) is 0 Å². The molecule has 81 heavy (non-hydrogen) atoms. The Morgan fingerprint density at radius 2 is 0.469 bits per heavy atom. The van der Waals surface area contributed by atoms with E-state index in [1.807, 2.05) is 0 Å². The second-order valence-corrected chi connectivity index (χ2v) is 24.9. The molecule has 0 spiro atoms. The fourth-order valence-corrected chi connectivity index (χ4v) is 11.1. The first-order valence-corrected chi connectivity index (χ1v) is 36.5. The third-order valence-electron chi connectivity index (χ3n) is 16.6. The van der Waals surface area contributed by atoms with Crippen molar-refractivity contribution in [3.05, 3.63) is 36.5 Å². The van der Waals surface area contributed by atoms with E-state index < -0.39 is 6.10 Å². The number of hydrogen-bond donors (Lipinski definition) is 0. The predicted molar refractivity (Wildman–Crippen MR) is 353 cm³/mol. The predicted octanol–water partition coefficient (Wildman–Crippen LogP) is 25.1. The highest BCUT2D eigenvalue weighted by Crippen LogP contribution is 2.19. The monoisotopic (exact) mass is 1140 g/mol. The van der Waals surface area contributed by atoms with Crippen LogP contribution in [0.1, 0.15) is 406 Å². The molecule has 1 atom stereocenters. The molecule has 0 aromatic heterocycles. The number of hydrogen-bond acceptors (Lipinski definition) is 6. The van der Waals surface area contributed by atoms with Gasteiger partial charge in [-0.25, -0.2) is 0 Å². The van der Waals surface area contributed by atoms with Crippen molar-refractivity contribution >= 4 is 17.9 Å². The molecule has 0 fully saturated rings. The molecule has 0 amide bonds. The van der Waals surface area contributed by atoms with Crippen molar-refractivity contribution < 1.29 is 28.6 Å². The van der Waals surface area contributed by atoms with Crippen molar-refractivity contribution in [2.45, 2.75) is 412 Å². The van der Waals surface area contributed by atoms with Gasteiger partial charge in [0, 0.05) is 19.3 Å². The third kappa shape index (κ3) is 68.3. The summed E-state index contributed by atoms with van der Waals surface area (Å²) < 4.78 is 17.0. The van der Waals surface area contributed by atoms with Gasteiger partial charge in [-0.05, 0) is 70.6 Å². The van der Waals surface area contributed by atoms with E-state index >= 15 is 0 Å². The van der Waals surface area contributed by atoms with Crippen molar-refractivity contribution in [1.29, 1.82) is 0 Å². The number of unbranched alkanes of at least 4 members (excludes halogenated alkanes) is 51. The molecule has 476 valence electrons. The average Bonchev–Trinajstić information content (AvgIpc) is 3.46. The highest BCUT2D eigenvalue weighted by Gasteiger charge is 2.19. The van der Waals surface area contributed by atoms with Gasteiger partial charge in [-0.1, -0.05) is 353 Å². The van der Waals surface area contributed by atoms with Gasteiger partial charge in [-0.3, -0.25) is 14.4 Å². The van der Waals surface area contributed by atoms with Crippen LogP contribution in [0.4, 0.5) is 0 Å². The molecule has 1 unspecified atom stereocenters. The molecule has 0 bridgehead atoms. The Morgan fingerprint density at radius 1 is 0.247 bits per heavy atom. The minimum atomic E-state index is -0.779. The van der Waals surface area contributed by atoms with Crippen LogP contribution in [0.3, 0.4) is 0 Å². The summed E-state index contributed by atoms with van der Waals surface area (Å²) in [6.07, 6.45) is 87.7. The van der Waals surface area contributed by atoms with Gasteiger partial charge in [-0.2, -0.15) is 0 Å². The minimum Gasteiger partial charge on any atom is -0.462 e. The van der Waals surface area contributed by atoms with Gasteiger partial charge >= 0.3 is 17.9 Å². The largest absolute Gasteiger partial charge is 0.462 e. The van der Waals surface area contributed by atoms with Crippen molar-refractivity contribution in [3.8, 4) is 0 Å². The Hall–Kier alpha value is -2.37. The molecular weight excluding hydrogens is 997 g/mol. The second kappa shape index (κ2) is 70.1. The van der Waals surface area contributed by atoms with Crippen LogP contribution in [0.15, 0.2) is 36.5 Å². The average molecular weight is 1140 g/mol. The van der Waals surface area contributed by atoms with Gasteiger partial charge in [0.1, 0.15) is 13.2 Å². The fourth-order valence-electron chi connectivity index (χ4n) is 11.1. The molecule has 0 aliphatic rings. The van der Waals surface area contributed by atoms with Crippen LogP contribution in [0, 0.1) is 0 Å². The summed E-state index contributed by atoms with van der Waals surface area (Å²) >= 11 is 0. The summed E-state index contributed by atoms with van der Waals surface area (Å²) in [5, 5.41) is 0. The van der Waals surface area contributed by atoms with Crippen LogP contribution in [0.5, 0.6) is 0 Å². The summed E-state index contributed by atoms with van der Waals surface area (Å²) in [6.45, 7) is 6.63. The lowest BCUT2D eigenvalue weighted by Gasteiger charge is -2.18. The SMILES string of the molecule is CCC/C=C\C/C=C\CCCCCCCC(=O)OCC(COC(=O)CCCCCCCCCCCCCCCCCCCCCCCCCCCCCCCCCC)OC(=O)CCCCCCCCC/C=C\CCCCCCCCC. The standard InChI is InChI=1S/C75H140O6/c1-4-7-10-13-16-19-22-25-27-29-31-32-33-34-35-36-37-38-39-40-41-42-43-44-46-47-50-53-56-59-62-65-68-74(77)80-71-72(70-79-73(76)67-64-61-58-55-52-49-24-21-18-15-12-9-6-3)81-75(78)69-66-63-60-57-54-51-48-45-30-28-26-23-20-17-14-11-8-5-2/h12,15,21,24,28,30,72H,4-11,13-14,16-20,22-23,25-27,29,31-71H2,1-3H3/b15-12-,24-21-,30-28-. The Labute approximate surface area is 506 Å². The molecule has 0 rings (SSSR count). The zero-order valence-corrected chi connectivity index (χ0v) is 54.8. The second-order valence-electron chi connectivity index (χ2n) is 24.9. The molecule has 0 aromatic rings. The zero-order valence-electron chi connectivity index (χ0n) is 54.8. The molecule has 0 aliphatic heterocycles. The molecule has 6 nitrogen and oxygen atoms in total. The van der Waals surface area contributed by atoms with Crippen molar-refractivity contribution in [3.63, 3.8) is 0 Å². The maximum absolute atomic E-state index is 12.9. The first-order valence-electron chi connectivity index (χ1n) is 36.5. The van der Waals surface area contributed by atoms with Crippen LogP contribution in [0.25, 0.3) is 0 Å². The highest BCUT2D eigenvalue weighted by molar-refractivity contribution is 5.71. The summed E-state index contributed by atoms with van der Waals surface area (Å²) in [7, 11) is 0. The van der Waals surface area contributed by atoms with Crippen molar-refractivity contribution in [2.75, 3.05) is 13.2 Å². The highest BCUT2D eigenvalue weighted by atomic mass is 16.6. The summed E-state index contributed by atoms with van der Waals surface area (Å²) in [4.78, 5) is 38.4. The van der Waals surface area contributed by atoms with Gasteiger partial charge in [0.05, 0.1) is 0 Å². The van der Waals surface area contributed by atoms with Crippen LogP contribution in [-0.4, -0.2) is 37.2 Å². The molecule has 0 heterocycles. The minimum absolute atomic E-state index is 0.0741. The lowest BCUT2D eigenvalue weighted by molar-refractivity contribution is -0.167. The maximum atomic E-state index is 12.9.